The average molecular weight is 303 g/mol. The molecule has 22 heavy (non-hydrogen) atoms. The Bertz CT molecular complexity index is 551. The quantitative estimate of drug-likeness (QED) is 0.725. The van der Waals surface area contributed by atoms with Crippen molar-refractivity contribution in [2.75, 3.05) is 6.54 Å². The summed E-state index contributed by atoms with van der Waals surface area (Å²) in [5, 5.41) is 12.2. The van der Waals surface area contributed by atoms with E-state index in [2.05, 4.69) is 19.2 Å². The van der Waals surface area contributed by atoms with Gasteiger partial charge in [0.25, 0.3) is 0 Å². The minimum Gasteiger partial charge on any atom is -0.481 e. The van der Waals surface area contributed by atoms with E-state index in [4.69, 9.17) is 5.11 Å². The molecule has 4 heteroatoms. The number of rotatable bonds is 8. The molecule has 1 aliphatic rings. The molecular formula is C18H25NO3. The number of hydrogen-bond acceptors (Lipinski definition) is 3. The van der Waals surface area contributed by atoms with Crippen LogP contribution in [0.25, 0.3) is 0 Å². The number of carbonyl (C=O) groups excluding carboxylic acids is 1. The lowest BCUT2D eigenvalue weighted by Gasteiger charge is -2.17. The largest absolute Gasteiger partial charge is 0.481 e. The van der Waals surface area contributed by atoms with E-state index in [-0.39, 0.29) is 12.2 Å². The molecule has 2 N–H and O–H groups in total. The molecule has 0 fully saturated rings. The summed E-state index contributed by atoms with van der Waals surface area (Å²) in [6.07, 6.45) is 3.98. The summed E-state index contributed by atoms with van der Waals surface area (Å²) in [6, 6.07) is 5.16. The number of fused-ring (bicyclic) bond motifs is 1. The normalized spacial score (nSPS) is 14.9. The molecule has 0 saturated carbocycles. The SMILES string of the molecule is CC(C)CCNC(CC(=O)O)C(=O)c1ccc2c(c1)CCC2. The number of hydrogen-bond donors (Lipinski definition) is 2. The fourth-order valence-electron chi connectivity index (χ4n) is 2.90. The van der Waals surface area contributed by atoms with Crippen LogP contribution >= 0.6 is 0 Å². The number of Topliss-reactive ketones (excluding diaryl/α,β-unsaturated/α-hetero) is 1. The van der Waals surface area contributed by atoms with Gasteiger partial charge >= 0.3 is 5.97 Å². The predicted octanol–water partition coefficient (Wildman–Crippen LogP) is 2.84. The zero-order chi connectivity index (χ0) is 16.1. The Morgan fingerprint density at radius 1 is 1.23 bits per heavy atom. The number of carboxylic acids is 1. The summed E-state index contributed by atoms with van der Waals surface area (Å²) < 4.78 is 0. The second-order valence-corrected chi connectivity index (χ2v) is 6.49. The van der Waals surface area contributed by atoms with E-state index in [1.54, 1.807) is 0 Å². The van der Waals surface area contributed by atoms with Gasteiger partial charge in [-0.3, -0.25) is 9.59 Å². The fourth-order valence-corrected chi connectivity index (χ4v) is 2.90. The summed E-state index contributed by atoms with van der Waals surface area (Å²) in [7, 11) is 0. The van der Waals surface area contributed by atoms with Crippen molar-refractivity contribution in [3.8, 4) is 0 Å². The third-order valence-electron chi connectivity index (χ3n) is 4.19. The van der Waals surface area contributed by atoms with Crippen LogP contribution < -0.4 is 5.32 Å². The highest BCUT2D eigenvalue weighted by Crippen LogP contribution is 2.23. The van der Waals surface area contributed by atoms with Crippen LogP contribution in [0, 0.1) is 5.92 Å². The Labute approximate surface area is 131 Å². The third-order valence-corrected chi connectivity index (χ3v) is 4.19. The van der Waals surface area contributed by atoms with E-state index < -0.39 is 12.0 Å². The molecule has 1 atom stereocenters. The van der Waals surface area contributed by atoms with E-state index >= 15 is 0 Å². The van der Waals surface area contributed by atoms with Gasteiger partial charge in [0.1, 0.15) is 0 Å². The molecule has 2 rings (SSSR count). The lowest BCUT2D eigenvalue weighted by molar-refractivity contribution is -0.137. The van der Waals surface area contributed by atoms with Crippen LogP contribution in [0.4, 0.5) is 0 Å². The fraction of sp³-hybridized carbons (Fsp3) is 0.556. The monoisotopic (exact) mass is 303 g/mol. The van der Waals surface area contributed by atoms with Crippen molar-refractivity contribution in [2.24, 2.45) is 5.92 Å². The van der Waals surface area contributed by atoms with Gasteiger partial charge in [-0.15, -0.1) is 0 Å². The van der Waals surface area contributed by atoms with Crippen LogP contribution in [0.5, 0.6) is 0 Å². The number of ketones is 1. The summed E-state index contributed by atoms with van der Waals surface area (Å²) >= 11 is 0. The zero-order valence-corrected chi connectivity index (χ0v) is 13.4. The van der Waals surface area contributed by atoms with E-state index in [0.29, 0.717) is 18.0 Å². The molecular weight excluding hydrogens is 278 g/mol. The van der Waals surface area contributed by atoms with Crippen LogP contribution in [-0.2, 0) is 17.6 Å². The van der Waals surface area contributed by atoms with Crippen molar-refractivity contribution in [2.45, 2.75) is 52.0 Å². The average Bonchev–Trinajstić information content (AvgIpc) is 2.92. The topological polar surface area (TPSA) is 66.4 Å². The van der Waals surface area contributed by atoms with Gasteiger partial charge in [-0.25, -0.2) is 0 Å². The van der Waals surface area contributed by atoms with E-state index in [1.807, 2.05) is 18.2 Å². The summed E-state index contributed by atoms with van der Waals surface area (Å²) in [5.74, 6) is -0.537. The summed E-state index contributed by atoms with van der Waals surface area (Å²) in [6.45, 7) is 4.87. The highest BCUT2D eigenvalue weighted by atomic mass is 16.4. The van der Waals surface area contributed by atoms with Gasteiger partial charge in [-0.2, -0.15) is 0 Å². The molecule has 1 unspecified atom stereocenters. The van der Waals surface area contributed by atoms with Crippen molar-refractivity contribution in [1.82, 2.24) is 5.32 Å². The molecule has 1 aliphatic carbocycles. The minimum absolute atomic E-state index is 0.110. The maximum atomic E-state index is 12.6. The van der Waals surface area contributed by atoms with E-state index in [1.165, 1.54) is 11.1 Å². The summed E-state index contributed by atoms with van der Waals surface area (Å²) in [4.78, 5) is 23.7. The Morgan fingerprint density at radius 3 is 2.64 bits per heavy atom. The molecule has 1 aromatic carbocycles. The molecule has 120 valence electrons. The van der Waals surface area contributed by atoms with Gasteiger partial charge in [0.15, 0.2) is 5.78 Å². The number of benzene rings is 1. The highest BCUT2D eigenvalue weighted by molar-refractivity contribution is 6.02. The minimum atomic E-state index is -0.948. The Kier molecular flexibility index (Phi) is 5.72. The zero-order valence-electron chi connectivity index (χ0n) is 13.4. The summed E-state index contributed by atoms with van der Waals surface area (Å²) in [5.41, 5.74) is 3.19. The van der Waals surface area contributed by atoms with Gasteiger partial charge in [-0.1, -0.05) is 26.0 Å². The highest BCUT2D eigenvalue weighted by Gasteiger charge is 2.23. The van der Waals surface area contributed by atoms with E-state index in [0.717, 1.165) is 25.7 Å². The molecule has 0 aliphatic heterocycles. The molecule has 0 spiro atoms. The van der Waals surface area contributed by atoms with Crippen LogP contribution in [0.15, 0.2) is 18.2 Å². The van der Waals surface area contributed by atoms with Gasteiger partial charge in [-0.05, 0) is 55.3 Å². The molecule has 0 aromatic heterocycles. The van der Waals surface area contributed by atoms with Crippen LogP contribution in [0.3, 0.4) is 0 Å². The first-order valence-corrected chi connectivity index (χ1v) is 8.08. The first-order valence-electron chi connectivity index (χ1n) is 8.08. The third kappa shape index (κ3) is 4.41. The number of carbonyl (C=O) groups is 2. The second kappa shape index (κ2) is 7.54. The van der Waals surface area contributed by atoms with Crippen LogP contribution in [-0.4, -0.2) is 29.4 Å². The Hall–Kier alpha value is -1.68. The second-order valence-electron chi connectivity index (χ2n) is 6.49. The number of nitrogens with one attached hydrogen (secondary N) is 1. The molecule has 0 radical (unpaired) electrons. The first kappa shape index (κ1) is 16.7. The number of aliphatic carboxylic acids is 1. The number of aryl methyl sites for hydroxylation is 2. The van der Waals surface area contributed by atoms with Gasteiger partial charge in [0.2, 0.25) is 0 Å². The van der Waals surface area contributed by atoms with Crippen molar-refractivity contribution in [3.05, 3.63) is 34.9 Å². The molecule has 0 saturated heterocycles. The van der Waals surface area contributed by atoms with E-state index in [9.17, 15) is 9.59 Å². The van der Waals surface area contributed by atoms with Gasteiger partial charge in [0, 0.05) is 5.56 Å². The Balaban J connectivity index is 2.08. The maximum absolute atomic E-state index is 12.6. The van der Waals surface area contributed by atoms with Crippen molar-refractivity contribution < 1.29 is 14.7 Å². The van der Waals surface area contributed by atoms with Gasteiger partial charge in [0.05, 0.1) is 12.5 Å². The maximum Gasteiger partial charge on any atom is 0.305 e. The van der Waals surface area contributed by atoms with Crippen LogP contribution in [0.2, 0.25) is 0 Å². The smallest absolute Gasteiger partial charge is 0.305 e. The molecule has 1 aromatic rings. The van der Waals surface area contributed by atoms with Crippen LogP contribution in [0.1, 0.15) is 54.6 Å². The van der Waals surface area contributed by atoms with Crippen molar-refractivity contribution in [3.63, 3.8) is 0 Å². The molecule has 0 bridgehead atoms. The van der Waals surface area contributed by atoms with Gasteiger partial charge < -0.3 is 10.4 Å². The van der Waals surface area contributed by atoms with Crippen molar-refractivity contribution in [1.29, 1.82) is 0 Å². The molecule has 0 heterocycles. The lowest BCUT2D eigenvalue weighted by Crippen LogP contribution is -2.39. The molecule has 0 amide bonds. The first-order chi connectivity index (χ1) is 10.5. The molecule has 4 nitrogen and oxygen atoms in total. The predicted molar refractivity (Wildman–Crippen MR) is 86.3 cm³/mol. The standard InChI is InChI=1S/C18H25NO3/c1-12(2)8-9-19-16(11-17(20)21)18(22)15-7-6-13-4-3-5-14(13)10-15/h6-7,10,12,16,19H,3-5,8-9,11H2,1-2H3,(H,20,21). The number of carboxylic acid groups (broad SMARTS) is 1. The Morgan fingerprint density at radius 2 is 1.95 bits per heavy atom. The lowest BCUT2D eigenvalue weighted by atomic mass is 9.97. The van der Waals surface area contributed by atoms with Crippen molar-refractivity contribution >= 4 is 11.8 Å².